The summed E-state index contributed by atoms with van der Waals surface area (Å²) in [6.07, 6.45) is 1.01. The Bertz CT molecular complexity index is 394. The highest BCUT2D eigenvalue weighted by molar-refractivity contribution is 6.17. The molecule has 0 spiro atoms. The number of benzene rings is 1. The van der Waals surface area contributed by atoms with Crippen molar-refractivity contribution in [1.82, 2.24) is 0 Å². The second-order valence-corrected chi connectivity index (χ2v) is 5.27. The van der Waals surface area contributed by atoms with E-state index in [2.05, 4.69) is 32.9 Å². The van der Waals surface area contributed by atoms with E-state index in [1.807, 2.05) is 0 Å². The van der Waals surface area contributed by atoms with E-state index in [0.29, 0.717) is 5.88 Å². The van der Waals surface area contributed by atoms with Crippen LogP contribution in [-0.4, -0.2) is 19.1 Å². The highest BCUT2D eigenvalue weighted by Crippen LogP contribution is 2.39. The first kappa shape index (κ1) is 11.9. The lowest BCUT2D eigenvalue weighted by atomic mass is 9.73. The van der Waals surface area contributed by atoms with Crippen molar-refractivity contribution in [2.75, 3.05) is 19.1 Å². The topological polar surface area (TPSA) is 9.23 Å². The third-order valence-corrected chi connectivity index (χ3v) is 4.15. The van der Waals surface area contributed by atoms with Crippen molar-refractivity contribution in [2.24, 2.45) is 0 Å². The normalized spacial score (nSPS) is 18.2. The lowest BCUT2D eigenvalue weighted by Gasteiger charge is -2.43. The van der Waals surface area contributed by atoms with E-state index in [9.17, 15) is 0 Å². The second kappa shape index (κ2) is 4.38. The minimum Gasteiger partial charge on any atom is -0.379 e. The van der Waals surface area contributed by atoms with Gasteiger partial charge in [0.2, 0.25) is 0 Å². The van der Waals surface area contributed by atoms with E-state index in [-0.39, 0.29) is 5.41 Å². The number of alkyl halides is 1. The van der Waals surface area contributed by atoms with Gasteiger partial charge in [0.15, 0.2) is 0 Å². The molecule has 2 rings (SSSR count). The molecule has 0 N–H and O–H groups in total. The van der Waals surface area contributed by atoms with Crippen LogP contribution >= 0.6 is 11.6 Å². The zero-order valence-electron chi connectivity index (χ0n) is 10.3. The standard InChI is InChI=1S/C14H19ClO/c1-10-4-5-13(12(3)11(10)2)14(6-7-15)8-16-9-14/h4-5H,6-9H2,1-3H3. The van der Waals surface area contributed by atoms with Crippen LogP contribution in [0, 0.1) is 20.8 Å². The number of hydrogen-bond donors (Lipinski definition) is 0. The molecule has 0 amide bonds. The monoisotopic (exact) mass is 238 g/mol. The Hall–Kier alpha value is -0.530. The van der Waals surface area contributed by atoms with E-state index < -0.39 is 0 Å². The van der Waals surface area contributed by atoms with Gasteiger partial charge in [-0.3, -0.25) is 0 Å². The quantitative estimate of drug-likeness (QED) is 0.733. The Kier molecular flexibility index (Phi) is 3.27. The molecule has 0 saturated carbocycles. The zero-order chi connectivity index (χ0) is 11.8. The molecule has 88 valence electrons. The predicted molar refractivity (Wildman–Crippen MR) is 68.5 cm³/mol. The molecule has 1 nitrogen and oxygen atoms in total. The average Bonchev–Trinajstić information content (AvgIpc) is 2.21. The van der Waals surface area contributed by atoms with Crippen molar-refractivity contribution in [3.8, 4) is 0 Å². The minimum atomic E-state index is 0.185. The lowest BCUT2D eigenvalue weighted by molar-refractivity contribution is -0.0619. The molecule has 0 unspecified atom stereocenters. The molecular weight excluding hydrogens is 220 g/mol. The first-order chi connectivity index (χ1) is 7.60. The molecule has 0 aliphatic carbocycles. The third-order valence-electron chi connectivity index (χ3n) is 3.96. The molecule has 0 radical (unpaired) electrons. The summed E-state index contributed by atoms with van der Waals surface area (Å²) in [6, 6.07) is 4.47. The SMILES string of the molecule is Cc1ccc(C2(CCCl)COC2)c(C)c1C. The fraction of sp³-hybridized carbons (Fsp3) is 0.571. The molecule has 1 aliphatic rings. The van der Waals surface area contributed by atoms with Gasteiger partial charge in [-0.1, -0.05) is 12.1 Å². The van der Waals surface area contributed by atoms with Gasteiger partial charge in [-0.15, -0.1) is 11.6 Å². The summed E-state index contributed by atoms with van der Waals surface area (Å²) < 4.78 is 5.41. The van der Waals surface area contributed by atoms with Crippen molar-refractivity contribution in [3.63, 3.8) is 0 Å². The van der Waals surface area contributed by atoms with Crippen LogP contribution in [-0.2, 0) is 10.2 Å². The largest absolute Gasteiger partial charge is 0.379 e. The Labute approximate surface area is 103 Å². The molecular formula is C14H19ClO. The molecule has 1 aromatic carbocycles. The molecule has 16 heavy (non-hydrogen) atoms. The van der Waals surface area contributed by atoms with Gasteiger partial charge >= 0.3 is 0 Å². The fourth-order valence-electron chi connectivity index (χ4n) is 2.49. The van der Waals surface area contributed by atoms with Crippen LogP contribution < -0.4 is 0 Å². The summed E-state index contributed by atoms with van der Waals surface area (Å²) in [4.78, 5) is 0. The molecule has 1 aromatic rings. The van der Waals surface area contributed by atoms with Gasteiger partial charge in [-0.05, 0) is 49.4 Å². The first-order valence-electron chi connectivity index (χ1n) is 5.82. The average molecular weight is 239 g/mol. The lowest BCUT2D eigenvalue weighted by Crippen LogP contribution is -2.47. The smallest absolute Gasteiger partial charge is 0.0586 e. The van der Waals surface area contributed by atoms with E-state index in [1.165, 1.54) is 22.3 Å². The van der Waals surface area contributed by atoms with Crippen molar-refractivity contribution < 1.29 is 4.74 Å². The fourth-order valence-corrected chi connectivity index (χ4v) is 2.86. The maximum absolute atomic E-state index is 5.92. The van der Waals surface area contributed by atoms with Crippen LogP contribution in [0.25, 0.3) is 0 Å². The van der Waals surface area contributed by atoms with Gasteiger partial charge in [0, 0.05) is 11.3 Å². The molecule has 0 aromatic heterocycles. The van der Waals surface area contributed by atoms with Crippen molar-refractivity contribution in [2.45, 2.75) is 32.6 Å². The van der Waals surface area contributed by atoms with Gasteiger partial charge in [0.05, 0.1) is 13.2 Å². The summed E-state index contributed by atoms with van der Waals surface area (Å²) in [5.41, 5.74) is 5.79. The molecule has 2 heteroatoms. The zero-order valence-corrected chi connectivity index (χ0v) is 11.0. The van der Waals surface area contributed by atoms with Crippen LogP contribution in [0.4, 0.5) is 0 Å². The summed E-state index contributed by atoms with van der Waals surface area (Å²) in [6.45, 7) is 8.22. The Morgan fingerprint density at radius 2 is 1.88 bits per heavy atom. The van der Waals surface area contributed by atoms with Crippen molar-refractivity contribution >= 4 is 11.6 Å². The van der Waals surface area contributed by atoms with E-state index >= 15 is 0 Å². The van der Waals surface area contributed by atoms with E-state index in [4.69, 9.17) is 16.3 Å². The van der Waals surface area contributed by atoms with Gasteiger partial charge < -0.3 is 4.74 Å². The highest BCUT2D eigenvalue weighted by atomic mass is 35.5. The molecule has 1 fully saturated rings. The van der Waals surface area contributed by atoms with Crippen LogP contribution in [0.5, 0.6) is 0 Å². The summed E-state index contributed by atoms with van der Waals surface area (Å²) in [5, 5.41) is 0. The third kappa shape index (κ3) is 1.76. The molecule has 0 bridgehead atoms. The van der Waals surface area contributed by atoms with Crippen LogP contribution in [0.15, 0.2) is 12.1 Å². The number of hydrogen-bond acceptors (Lipinski definition) is 1. The highest BCUT2D eigenvalue weighted by Gasteiger charge is 2.40. The maximum atomic E-state index is 5.92. The van der Waals surface area contributed by atoms with Gasteiger partial charge in [0.25, 0.3) is 0 Å². The number of halogens is 1. The van der Waals surface area contributed by atoms with E-state index in [0.717, 1.165) is 19.6 Å². The summed E-state index contributed by atoms with van der Waals surface area (Å²) in [5.74, 6) is 0.704. The van der Waals surface area contributed by atoms with Crippen molar-refractivity contribution in [3.05, 3.63) is 34.4 Å². The van der Waals surface area contributed by atoms with Gasteiger partial charge in [-0.2, -0.15) is 0 Å². The molecule has 1 heterocycles. The Morgan fingerprint density at radius 3 is 2.38 bits per heavy atom. The van der Waals surface area contributed by atoms with Gasteiger partial charge in [0.1, 0.15) is 0 Å². The van der Waals surface area contributed by atoms with Crippen LogP contribution in [0.3, 0.4) is 0 Å². The van der Waals surface area contributed by atoms with Crippen LogP contribution in [0.2, 0.25) is 0 Å². The minimum absolute atomic E-state index is 0.185. The first-order valence-corrected chi connectivity index (χ1v) is 6.35. The molecule has 1 aliphatic heterocycles. The predicted octanol–water partition coefficient (Wildman–Crippen LogP) is 3.51. The molecule has 1 saturated heterocycles. The van der Waals surface area contributed by atoms with Crippen molar-refractivity contribution in [1.29, 1.82) is 0 Å². The number of rotatable bonds is 3. The number of aryl methyl sites for hydroxylation is 1. The molecule has 0 atom stereocenters. The summed E-state index contributed by atoms with van der Waals surface area (Å²) >= 11 is 5.92. The Balaban J connectivity index is 2.43. The second-order valence-electron chi connectivity index (χ2n) is 4.89. The maximum Gasteiger partial charge on any atom is 0.0586 e. The van der Waals surface area contributed by atoms with Gasteiger partial charge in [-0.25, -0.2) is 0 Å². The summed E-state index contributed by atoms with van der Waals surface area (Å²) in [7, 11) is 0. The van der Waals surface area contributed by atoms with Crippen LogP contribution in [0.1, 0.15) is 28.7 Å². The Morgan fingerprint density at radius 1 is 1.19 bits per heavy atom. The van der Waals surface area contributed by atoms with E-state index in [1.54, 1.807) is 0 Å². The number of ether oxygens (including phenoxy) is 1.